The van der Waals surface area contributed by atoms with Crippen LogP contribution in [0.25, 0.3) is 10.8 Å². The lowest BCUT2D eigenvalue weighted by atomic mass is 10.1. The largest absolute Gasteiger partial charge is 0.360 e. The summed E-state index contributed by atoms with van der Waals surface area (Å²) in [7, 11) is 0. The standard InChI is InChI=1S/C20H14FN3O/c21-16-8-10-17(11-9-16)24-20(25)15(12-22)13-23-19-7-3-5-14-4-1-2-6-18(14)19/h1-11,13,23H,(H,24,25)/b15-13-. The fourth-order valence-electron chi connectivity index (χ4n) is 2.38. The van der Waals surface area contributed by atoms with Gasteiger partial charge in [0.2, 0.25) is 0 Å². The summed E-state index contributed by atoms with van der Waals surface area (Å²) < 4.78 is 12.9. The van der Waals surface area contributed by atoms with Crippen LogP contribution >= 0.6 is 0 Å². The lowest BCUT2D eigenvalue weighted by molar-refractivity contribution is -0.112. The molecule has 0 saturated carbocycles. The highest BCUT2D eigenvalue weighted by molar-refractivity contribution is 6.07. The van der Waals surface area contributed by atoms with Gasteiger partial charge in [-0.25, -0.2) is 4.39 Å². The zero-order valence-electron chi connectivity index (χ0n) is 13.2. The van der Waals surface area contributed by atoms with Crippen LogP contribution in [0.2, 0.25) is 0 Å². The van der Waals surface area contributed by atoms with Crippen molar-refractivity contribution >= 4 is 28.1 Å². The highest BCUT2D eigenvalue weighted by Crippen LogP contribution is 2.23. The Kier molecular flexibility index (Phi) is 4.72. The quantitative estimate of drug-likeness (QED) is 0.549. The molecule has 4 nitrogen and oxygen atoms in total. The average Bonchev–Trinajstić information content (AvgIpc) is 2.64. The van der Waals surface area contributed by atoms with Gasteiger partial charge >= 0.3 is 0 Å². The number of amides is 1. The number of carbonyl (C=O) groups excluding carboxylic acids is 1. The first-order valence-electron chi connectivity index (χ1n) is 7.59. The molecule has 1 amide bonds. The van der Waals surface area contributed by atoms with Crippen molar-refractivity contribution in [3.05, 3.63) is 84.3 Å². The van der Waals surface area contributed by atoms with Gasteiger partial charge in [-0.2, -0.15) is 5.26 Å². The number of rotatable bonds is 4. The lowest BCUT2D eigenvalue weighted by Crippen LogP contribution is -2.14. The number of fused-ring (bicyclic) bond motifs is 1. The first kappa shape index (κ1) is 16.2. The zero-order chi connectivity index (χ0) is 17.6. The summed E-state index contributed by atoms with van der Waals surface area (Å²) in [5, 5.41) is 16.8. The Balaban J connectivity index is 1.79. The third-order valence-electron chi connectivity index (χ3n) is 3.63. The van der Waals surface area contributed by atoms with E-state index in [0.717, 1.165) is 16.5 Å². The maximum atomic E-state index is 12.9. The van der Waals surface area contributed by atoms with Gasteiger partial charge in [-0.05, 0) is 35.7 Å². The highest BCUT2D eigenvalue weighted by Gasteiger charge is 2.09. The monoisotopic (exact) mass is 331 g/mol. The molecule has 25 heavy (non-hydrogen) atoms. The minimum atomic E-state index is -0.568. The third-order valence-corrected chi connectivity index (χ3v) is 3.63. The summed E-state index contributed by atoms with van der Waals surface area (Å²) in [5.74, 6) is -0.964. The highest BCUT2D eigenvalue weighted by atomic mass is 19.1. The molecule has 0 saturated heterocycles. The molecule has 2 N–H and O–H groups in total. The van der Waals surface area contributed by atoms with Gasteiger partial charge in [0.05, 0.1) is 0 Å². The van der Waals surface area contributed by atoms with E-state index in [4.69, 9.17) is 0 Å². The number of carbonyl (C=O) groups is 1. The number of halogens is 1. The van der Waals surface area contributed by atoms with Crippen LogP contribution < -0.4 is 10.6 Å². The van der Waals surface area contributed by atoms with Gasteiger partial charge in [-0.1, -0.05) is 36.4 Å². The maximum Gasteiger partial charge on any atom is 0.267 e. The van der Waals surface area contributed by atoms with Crippen LogP contribution in [0.3, 0.4) is 0 Å². The fraction of sp³-hybridized carbons (Fsp3) is 0. The Morgan fingerprint density at radius 2 is 1.72 bits per heavy atom. The van der Waals surface area contributed by atoms with Crippen LogP contribution in [0.4, 0.5) is 15.8 Å². The molecule has 0 unspecified atom stereocenters. The maximum absolute atomic E-state index is 12.9. The van der Waals surface area contributed by atoms with Crippen molar-refractivity contribution in [1.29, 1.82) is 5.26 Å². The number of anilines is 2. The SMILES string of the molecule is N#C/C(=C/Nc1cccc2ccccc12)C(=O)Nc1ccc(F)cc1. The van der Waals surface area contributed by atoms with Gasteiger partial charge < -0.3 is 10.6 Å². The number of hydrogen-bond acceptors (Lipinski definition) is 3. The topological polar surface area (TPSA) is 64.9 Å². The summed E-state index contributed by atoms with van der Waals surface area (Å²) in [6.45, 7) is 0. The van der Waals surface area contributed by atoms with Gasteiger partial charge in [0, 0.05) is 23.0 Å². The van der Waals surface area contributed by atoms with Crippen molar-refractivity contribution in [3.63, 3.8) is 0 Å². The lowest BCUT2D eigenvalue weighted by Gasteiger charge is -2.07. The molecular weight excluding hydrogens is 317 g/mol. The third kappa shape index (κ3) is 3.82. The molecular formula is C20H14FN3O. The normalized spacial score (nSPS) is 11.0. The predicted octanol–water partition coefficient (Wildman–Crippen LogP) is 4.44. The summed E-state index contributed by atoms with van der Waals surface area (Å²) in [6, 6.07) is 20.7. The van der Waals surface area contributed by atoms with Gasteiger partial charge in [0.25, 0.3) is 5.91 Å². The van der Waals surface area contributed by atoms with Crippen molar-refractivity contribution < 1.29 is 9.18 Å². The first-order chi connectivity index (χ1) is 12.2. The molecule has 0 aliphatic rings. The molecule has 5 heteroatoms. The minimum absolute atomic E-state index is 0.0859. The molecule has 0 heterocycles. The Morgan fingerprint density at radius 3 is 2.48 bits per heavy atom. The van der Waals surface area contributed by atoms with E-state index in [-0.39, 0.29) is 5.57 Å². The number of nitrogens with one attached hydrogen (secondary N) is 2. The number of benzene rings is 3. The van der Waals surface area contributed by atoms with Crippen molar-refractivity contribution in [2.24, 2.45) is 0 Å². The van der Waals surface area contributed by atoms with E-state index in [1.807, 2.05) is 48.5 Å². The van der Waals surface area contributed by atoms with E-state index in [9.17, 15) is 14.4 Å². The first-order valence-corrected chi connectivity index (χ1v) is 7.59. The number of hydrogen-bond donors (Lipinski definition) is 2. The molecule has 0 aliphatic heterocycles. The van der Waals surface area contributed by atoms with E-state index in [2.05, 4.69) is 10.6 Å². The van der Waals surface area contributed by atoms with Crippen LogP contribution in [0.1, 0.15) is 0 Å². The Labute approximate surface area is 144 Å². The van der Waals surface area contributed by atoms with Crippen LogP contribution in [0, 0.1) is 17.1 Å². The summed E-state index contributed by atoms with van der Waals surface area (Å²) in [4.78, 5) is 12.2. The molecule has 0 aromatic heterocycles. The van der Waals surface area contributed by atoms with Gasteiger partial charge in [0.1, 0.15) is 17.5 Å². The second kappa shape index (κ2) is 7.28. The summed E-state index contributed by atoms with van der Waals surface area (Å²) in [6.07, 6.45) is 1.36. The molecule has 0 radical (unpaired) electrons. The van der Waals surface area contributed by atoms with Crippen molar-refractivity contribution in [2.75, 3.05) is 10.6 Å². The Hall–Kier alpha value is -3.65. The van der Waals surface area contributed by atoms with Crippen LogP contribution in [-0.4, -0.2) is 5.91 Å². The molecule has 3 aromatic rings. The van der Waals surface area contributed by atoms with Crippen LogP contribution in [0.5, 0.6) is 0 Å². The second-order valence-corrected chi connectivity index (χ2v) is 5.30. The van der Waals surface area contributed by atoms with Crippen molar-refractivity contribution in [1.82, 2.24) is 0 Å². The van der Waals surface area contributed by atoms with E-state index < -0.39 is 11.7 Å². The van der Waals surface area contributed by atoms with Gasteiger partial charge in [-0.15, -0.1) is 0 Å². The van der Waals surface area contributed by atoms with Crippen molar-refractivity contribution in [3.8, 4) is 6.07 Å². The van der Waals surface area contributed by atoms with E-state index >= 15 is 0 Å². The molecule has 122 valence electrons. The molecule has 0 aliphatic carbocycles. The van der Waals surface area contributed by atoms with Crippen molar-refractivity contribution in [2.45, 2.75) is 0 Å². The average molecular weight is 331 g/mol. The van der Waals surface area contributed by atoms with Crippen LogP contribution in [0.15, 0.2) is 78.5 Å². The number of nitriles is 1. The van der Waals surface area contributed by atoms with E-state index in [0.29, 0.717) is 5.69 Å². The molecule has 0 atom stereocenters. The zero-order valence-corrected chi connectivity index (χ0v) is 13.2. The number of nitrogens with zero attached hydrogens (tertiary/aromatic N) is 1. The predicted molar refractivity (Wildman–Crippen MR) is 96.3 cm³/mol. The second-order valence-electron chi connectivity index (χ2n) is 5.30. The fourth-order valence-corrected chi connectivity index (χ4v) is 2.38. The smallest absolute Gasteiger partial charge is 0.267 e. The van der Waals surface area contributed by atoms with Crippen LogP contribution in [-0.2, 0) is 4.79 Å². The Morgan fingerprint density at radius 1 is 1.00 bits per heavy atom. The molecule has 0 bridgehead atoms. The van der Waals surface area contributed by atoms with E-state index in [1.54, 1.807) is 0 Å². The molecule has 3 rings (SSSR count). The summed E-state index contributed by atoms with van der Waals surface area (Å²) >= 11 is 0. The molecule has 0 spiro atoms. The minimum Gasteiger partial charge on any atom is -0.360 e. The van der Waals surface area contributed by atoms with E-state index in [1.165, 1.54) is 30.5 Å². The summed E-state index contributed by atoms with van der Waals surface area (Å²) in [5.41, 5.74) is 1.12. The van der Waals surface area contributed by atoms with Gasteiger partial charge in [0.15, 0.2) is 0 Å². The van der Waals surface area contributed by atoms with Gasteiger partial charge in [-0.3, -0.25) is 4.79 Å². The molecule has 3 aromatic carbocycles. The Bertz CT molecular complexity index is 982. The molecule has 0 fully saturated rings.